The summed E-state index contributed by atoms with van der Waals surface area (Å²) in [6.07, 6.45) is 1.53. The van der Waals surface area contributed by atoms with Crippen molar-refractivity contribution in [1.29, 1.82) is 0 Å². The lowest BCUT2D eigenvalue weighted by Gasteiger charge is -2.10. The molecule has 0 unspecified atom stereocenters. The number of carbonyl (C=O) groups is 1. The number of aromatic nitrogens is 2. The van der Waals surface area contributed by atoms with E-state index >= 15 is 0 Å². The minimum atomic E-state index is -0.310. The largest absolute Gasteiger partial charge is 0.493 e. The number of anilines is 1. The molecule has 4 rings (SSSR count). The van der Waals surface area contributed by atoms with Crippen molar-refractivity contribution in [2.24, 2.45) is 0 Å². The standard InChI is InChI=1S/C21H17N3O5/c1-26-16-8-2-3-9-17(16)28-13-19(25)22-15-7-4-6-14(12-15)20-23-24-21(29-20)18-10-5-11-27-18/h2-12H,13H2,1H3,(H,22,25). The summed E-state index contributed by atoms with van der Waals surface area (Å²) in [5.41, 5.74) is 1.24. The molecule has 8 heteroatoms. The number of carbonyl (C=O) groups excluding carboxylic acids is 1. The number of benzene rings is 2. The first-order valence-electron chi connectivity index (χ1n) is 8.76. The quantitative estimate of drug-likeness (QED) is 0.508. The van der Waals surface area contributed by atoms with Gasteiger partial charge in [0.1, 0.15) is 0 Å². The molecule has 0 radical (unpaired) electrons. The molecule has 0 atom stereocenters. The van der Waals surface area contributed by atoms with E-state index in [1.54, 1.807) is 61.7 Å². The van der Waals surface area contributed by atoms with Crippen LogP contribution < -0.4 is 14.8 Å². The highest BCUT2D eigenvalue weighted by Crippen LogP contribution is 2.27. The van der Waals surface area contributed by atoms with E-state index in [1.165, 1.54) is 6.26 Å². The van der Waals surface area contributed by atoms with Crippen LogP contribution in [0.3, 0.4) is 0 Å². The Kier molecular flexibility index (Phi) is 5.24. The van der Waals surface area contributed by atoms with Crippen LogP contribution in [0, 0.1) is 0 Å². The van der Waals surface area contributed by atoms with E-state index in [1.807, 2.05) is 6.07 Å². The molecule has 2 heterocycles. The summed E-state index contributed by atoms with van der Waals surface area (Å²) < 4.78 is 21.6. The second kappa shape index (κ2) is 8.30. The predicted molar refractivity (Wildman–Crippen MR) is 105 cm³/mol. The lowest BCUT2D eigenvalue weighted by atomic mass is 10.2. The Bertz CT molecular complexity index is 1100. The van der Waals surface area contributed by atoms with Crippen LogP contribution in [0.25, 0.3) is 23.1 Å². The molecule has 0 bridgehead atoms. The maximum atomic E-state index is 12.3. The number of nitrogens with one attached hydrogen (secondary N) is 1. The van der Waals surface area contributed by atoms with Gasteiger partial charge in [0.15, 0.2) is 23.9 Å². The number of hydrogen-bond donors (Lipinski definition) is 1. The highest BCUT2D eigenvalue weighted by Gasteiger charge is 2.13. The van der Waals surface area contributed by atoms with Crippen LogP contribution in [-0.2, 0) is 4.79 Å². The molecule has 0 aliphatic rings. The molecule has 2 aromatic heterocycles. The van der Waals surface area contributed by atoms with Crippen molar-refractivity contribution in [2.75, 3.05) is 19.0 Å². The number of nitrogens with zero attached hydrogens (tertiary/aromatic N) is 2. The zero-order valence-corrected chi connectivity index (χ0v) is 15.5. The molecule has 29 heavy (non-hydrogen) atoms. The highest BCUT2D eigenvalue weighted by molar-refractivity contribution is 5.92. The van der Waals surface area contributed by atoms with Crippen molar-refractivity contribution in [2.45, 2.75) is 0 Å². The molecule has 8 nitrogen and oxygen atoms in total. The minimum absolute atomic E-state index is 0.159. The molecule has 0 saturated carbocycles. The van der Waals surface area contributed by atoms with Crippen LogP contribution >= 0.6 is 0 Å². The Hall–Kier alpha value is -4.07. The van der Waals surface area contributed by atoms with E-state index in [9.17, 15) is 4.79 Å². The summed E-state index contributed by atoms with van der Waals surface area (Å²) in [5, 5.41) is 10.8. The van der Waals surface area contributed by atoms with Gasteiger partial charge in [-0.05, 0) is 42.5 Å². The first kappa shape index (κ1) is 18.3. The van der Waals surface area contributed by atoms with Crippen LogP contribution in [0.4, 0.5) is 5.69 Å². The monoisotopic (exact) mass is 391 g/mol. The summed E-state index contributed by atoms with van der Waals surface area (Å²) >= 11 is 0. The number of ether oxygens (including phenoxy) is 2. The molecule has 1 N–H and O–H groups in total. The summed E-state index contributed by atoms with van der Waals surface area (Å²) in [7, 11) is 1.54. The van der Waals surface area contributed by atoms with Crippen LogP contribution in [0.1, 0.15) is 0 Å². The summed E-state index contributed by atoms with van der Waals surface area (Å²) in [6.45, 7) is -0.159. The molecule has 4 aromatic rings. The van der Waals surface area contributed by atoms with Crippen LogP contribution in [0.5, 0.6) is 11.5 Å². The Morgan fingerprint density at radius 1 is 1.00 bits per heavy atom. The number of methoxy groups -OCH3 is 1. The van der Waals surface area contributed by atoms with Gasteiger partial charge in [-0.15, -0.1) is 10.2 Å². The van der Waals surface area contributed by atoms with E-state index in [0.717, 1.165) is 0 Å². The van der Waals surface area contributed by atoms with Gasteiger partial charge >= 0.3 is 0 Å². The van der Waals surface area contributed by atoms with Crippen LogP contribution in [0.15, 0.2) is 75.8 Å². The number of amides is 1. The fourth-order valence-electron chi connectivity index (χ4n) is 2.65. The van der Waals surface area contributed by atoms with E-state index in [4.69, 9.17) is 18.3 Å². The molecule has 2 aromatic carbocycles. The fraction of sp³-hybridized carbons (Fsp3) is 0.0952. The third-order valence-corrected chi connectivity index (χ3v) is 3.98. The van der Waals surface area contributed by atoms with E-state index in [2.05, 4.69) is 15.5 Å². The van der Waals surface area contributed by atoms with Crippen molar-refractivity contribution in [1.82, 2.24) is 10.2 Å². The van der Waals surface area contributed by atoms with Crippen molar-refractivity contribution in [3.63, 3.8) is 0 Å². The first-order chi connectivity index (χ1) is 14.2. The van der Waals surface area contributed by atoms with Crippen LogP contribution in [-0.4, -0.2) is 29.8 Å². The highest BCUT2D eigenvalue weighted by atomic mass is 16.5. The minimum Gasteiger partial charge on any atom is -0.493 e. The number of furan rings is 1. The Morgan fingerprint density at radius 3 is 2.62 bits per heavy atom. The Balaban J connectivity index is 1.42. The molecule has 0 fully saturated rings. The number of para-hydroxylation sites is 2. The lowest BCUT2D eigenvalue weighted by Crippen LogP contribution is -2.20. The molecule has 146 valence electrons. The maximum Gasteiger partial charge on any atom is 0.283 e. The van der Waals surface area contributed by atoms with Gasteiger partial charge in [0.2, 0.25) is 5.89 Å². The Labute approximate surface area is 166 Å². The molecular formula is C21H17N3O5. The predicted octanol–water partition coefficient (Wildman–Crippen LogP) is 4.02. The van der Waals surface area contributed by atoms with Gasteiger partial charge in [0.25, 0.3) is 11.8 Å². The first-order valence-corrected chi connectivity index (χ1v) is 8.76. The van der Waals surface area contributed by atoms with Crippen molar-refractivity contribution in [3.05, 3.63) is 66.9 Å². The zero-order chi connectivity index (χ0) is 20.1. The molecule has 0 aliphatic heterocycles. The summed E-state index contributed by atoms with van der Waals surface area (Å²) in [5.74, 6) is 1.83. The topological polar surface area (TPSA) is 99.6 Å². The van der Waals surface area contributed by atoms with Gasteiger partial charge in [-0.25, -0.2) is 0 Å². The van der Waals surface area contributed by atoms with Gasteiger partial charge in [0.05, 0.1) is 13.4 Å². The van der Waals surface area contributed by atoms with Crippen LogP contribution in [0.2, 0.25) is 0 Å². The van der Waals surface area contributed by atoms with Crippen molar-refractivity contribution < 1.29 is 23.1 Å². The average Bonchev–Trinajstić information content (AvgIpc) is 3.44. The van der Waals surface area contributed by atoms with E-state index < -0.39 is 0 Å². The smallest absolute Gasteiger partial charge is 0.283 e. The molecular weight excluding hydrogens is 374 g/mol. The summed E-state index contributed by atoms with van der Waals surface area (Å²) in [4.78, 5) is 12.3. The maximum absolute atomic E-state index is 12.3. The van der Waals surface area contributed by atoms with Gasteiger partial charge in [-0.2, -0.15) is 0 Å². The molecule has 0 saturated heterocycles. The zero-order valence-electron chi connectivity index (χ0n) is 15.5. The van der Waals surface area contributed by atoms with Gasteiger partial charge in [0, 0.05) is 11.3 Å². The SMILES string of the molecule is COc1ccccc1OCC(=O)Nc1cccc(-c2nnc(-c3ccco3)o2)c1. The van der Waals surface area contributed by atoms with Crippen molar-refractivity contribution in [3.8, 4) is 34.6 Å². The number of hydrogen-bond acceptors (Lipinski definition) is 7. The molecule has 0 spiro atoms. The van der Waals surface area contributed by atoms with E-state index in [0.29, 0.717) is 34.4 Å². The van der Waals surface area contributed by atoms with Gasteiger partial charge in [-0.3, -0.25) is 4.79 Å². The second-order valence-corrected chi connectivity index (χ2v) is 5.96. The molecule has 0 aliphatic carbocycles. The third-order valence-electron chi connectivity index (χ3n) is 3.98. The second-order valence-electron chi connectivity index (χ2n) is 5.96. The Morgan fingerprint density at radius 2 is 1.83 bits per heavy atom. The average molecular weight is 391 g/mol. The molecule has 1 amide bonds. The van der Waals surface area contributed by atoms with Gasteiger partial charge in [-0.1, -0.05) is 18.2 Å². The summed E-state index contributed by atoms with van der Waals surface area (Å²) in [6, 6.07) is 17.7. The van der Waals surface area contributed by atoms with Gasteiger partial charge < -0.3 is 23.6 Å². The normalized spacial score (nSPS) is 10.5. The lowest BCUT2D eigenvalue weighted by molar-refractivity contribution is -0.118. The third kappa shape index (κ3) is 4.27. The van der Waals surface area contributed by atoms with Crippen molar-refractivity contribution >= 4 is 11.6 Å². The fourth-order valence-corrected chi connectivity index (χ4v) is 2.65. The number of rotatable bonds is 7. The van der Waals surface area contributed by atoms with E-state index in [-0.39, 0.29) is 18.4 Å².